The van der Waals surface area contributed by atoms with Crippen LogP contribution in [0.3, 0.4) is 0 Å². The monoisotopic (exact) mass is 191 g/mol. The second-order valence-corrected chi connectivity index (χ2v) is 4.53. The van der Waals surface area contributed by atoms with Crippen molar-refractivity contribution in [1.29, 1.82) is 0 Å². The average molecular weight is 192 g/mol. The molecule has 0 spiro atoms. The zero-order valence-corrected chi connectivity index (χ0v) is 9.12. The smallest absolute Gasteiger partial charge is 0.00232 e. The van der Waals surface area contributed by atoms with Gasteiger partial charge in [-0.05, 0) is 30.7 Å². The van der Waals surface area contributed by atoms with E-state index in [4.69, 9.17) is 5.73 Å². The van der Waals surface area contributed by atoms with Crippen molar-refractivity contribution in [1.82, 2.24) is 0 Å². The SMILES string of the molecule is CC(C)(CN)C1CCCCC1.Cl. The van der Waals surface area contributed by atoms with Gasteiger partial charge in [0.25, 0.3) is 0 Å². The molecule has 0 saturated heterocycles. The molecule has 1 saturated carbocycles. The Hall–Kier alpha value is 0.250. The molecule has 0 bridgehead atoms. The molecule has 0 aromatic heterocycles. The van der Waals surface area contributed by atoms with Gasteiger partial charge in [0, 0.05) is 0 Å². The van der Waals surface area contributed by atoms with Crippen LogP contribution in [0.2, 0.25) is 0 Å². The first kappa shape index (κ1) is 12.2. The van der Waals surface area contributed by atoms with Crippen molar-refractivity contribution in [3.05, 3.63) is 0 Å². The lowest BCUT2D eigenvalue weighted by molar-refractivity contribution is 0.167. The van der Waals surface area contributed by atoms with Crippen molar-refractivity contribution in [2.45, 2.75) is 46.0 Å². The van der Waals surface area contributed by atoms with Gasteiger partial charge in [-0.25, -0.2) is 0 Å². The maximum absolute atomic E-state index is 5.74. The molecule has 1 aliphatic rings. The minimum Gasteiger partial charge on any atom is -0.330 e. The van der Waals surface area contributed by atoms with E-state index in [0.717, 1.165) is 12.5 Å². The lowest BCUT2D eigenvalue weighted by Gasteiger charge is -2.35. The highest BCUT2D eigenvalue weighted by molar-refractivity contribution is 5.85. The molecule has 2 N–H and O–H groups in total. The summed E-state index contributed by atoms with van der Waals surface area (Å²) in [6, 6.07) is 0. The van der Waals surface area contributed by atoms with Gasteiger partial charge < -0.3 is 5.73 Å². The third kappa shape index (κ3) is 2.95. The third-order valence-electron chi connectivity index (χ3n) is 3.24. The summed E-state index contributed by atoms with van der Waals surface area (Å²) in [5.74, 6) is 0.890. The molecule has 1 nitrogen and oxygen atoms in total. The number of hydrogen-bond donors (Lipinski definition) is 1. The van der Waals surface area contributed by atoms with Crippen molar-refractivity contribution < 1.29 is 0 Å². The Morgan fingerprint density at radius 1 is 1.17 bits per heavy atom. The van der Waals surface area contributed by atoms with E-state index >= 15 is 0 Å². The summed E-state index contributed by atoms with van der Waals surface area (Å²) in [4.78, 5) is 0. The van der Waals surface area contributed by atoms with Crippen molar-refractivity contribution in [3.63, 3.8) is 0 Å². The van der Waals surface area contributed by atoms with E-state index in [1.54, 1.807) is 0 Å². The van der Waals surface area contributed by atoms with Crippen LogP contribution in [-0.4, -0.2) is 6.54 Å². The summed E-state index contributed by atoms with van der Waals surface area (Å²) in [7, 11) is 0. The molecule has 1 aliphatic carbocycles. The van der Waals surface area contributed by atoms with Gasteiger partial charge in [0.05, 0.1) is 0 Å². The molecule has 0 radical (unpaired) electrons. The van der Waals surface area contributed by atoms with Gasteiger partial charge in [-0.2, -0.15) is 0 Å². The molecule has 12 heavy (non-hydrogen) atoms. The van der Waals surface area contributed by atoms with Gasteiger partial charge in [0.1, 0.15) is 0 Å². The summed E-state index contributed by atoms with van der Waals surface area (Å²) in [5, 5.41) is 0. The van der Waals surface area contributed by atoms with Gasteiger partial charge in [-0.3, -0.25) is 0 Å². The quantitative estimate of drug-likeness (QED) is 0.714. The highest BCUT2D eigenvalue weighted by Crippen LogP contribution is 2.37. The van der Waals surface area contributed by atoms with E-state index < -0.39 is 0 Å². The predicted octanol–water partition coefficient (Wildman–Crippen LogP) is 2.97. The zero-order chi connectivity index (χ0) is 8.32. The Labute approximate surface area is 82.5 Å². The molecule has 0 aromatic rings. The fourth-order valence-corrected chi connectivity index (χ4v) is 2.05. The average Bonchev–Trinajstić information content (AvgIpc) is 2.06. The first-order valence-electron chi connectivity index (χ1n) is 4.87. The van der Waals surface area contributed by atoms with Gasteiger partial charge in [0.15, 0.2) is 0 Å². The first-order valence-corrected chi connectivity index (χ1v) is 4.87. The van der Waals surface area contributed by atoms with E-state index in [-0.39, 0.29) is 12.4 Å². The summed E-state index contributed by atoms with van der Waals surface area (Å²) < 4.78 is 0. The van der Waals surface area contributed by atoms with Crippen molar-refractivity contribution >= 4 is 12.4 Å². The van der Waals surface area contributed by atoms with Crippen LogP contribution in [0.4, 0.5) is 0 Å². The Morgan fingerprint density at radius 2 is 1.67 bits per heavy atom. The molecule has 74 valence electrons. The topological polar surface area (TPSA) is 26.0 Å². The van der Waals surface area contributed by atoms with Gasteiger partial charge >= 0.3 is 0 Å². The molecule has 0 aromatic carbocycles. The summed E-state index contributed by atoms with van der Waals surface area (Å²) in [5.41, 5.74) is 6.13. The first-order chi connectivity index (χ1) is 5.17. The van der Waals surface area contributed by atoms with Crippen LogP contribution < -0.4 is 5.73 Å². The van der Waals surface area contributed by atoms with E-state index in [2.05, 4.69) is 13.8 Å². The van der Waals surface area contributed by atoms with Crippen molar-refractivity contribution in [2.24, 2.45) is 17.1 Å². The predicted molar refractivity (Wildman–Crippen MR) is 56.7 cm³/mol. The Bertz CT molecular complexity index is 117. The molecular formula is C10H22ClN. The number of halogens is 1. The lowest BCUT2D eigenvalue weighted by Crippen LogP contribution is -2.33. The summed E-state index contributed by atoms with van der Waals surface area (Å²) >= 11 is 0. The molecule has 0 amide bonds. The van der Waals surface area contributed by atoms with Gasteiger partial charge in [-0.15, -0.1) is 12.4 Å². The van der Waals surface area contributed by atoms with Crippen molar-refractivity contribution in [3.8, 4) is 0 Å². The van der Waals surface area contributed by atoms with E-state index in [1.807, 2.05) is 0 Å². The van der Waals surface area contributed by atoms with Crippen LogP contribution in [0.15, 0.2) is 0 Å². The van der Waals surface area contributed by atoms with E-state index in [1.165, 1.54) is 32.1 Å². The minimum atomic E-state index is 0. The number of rotatable bonds is 2. The highest BCUT2D eigenvalue weighted by Gasteiger charge is 2.28. The Morgan fingerprint density at radius 3 is 2.08 bits per heavy atom. The molecule has 1 fully saturated rings. The fraction of sp³-hybridized carbons (Fsp3) is 1.00. The van der Waals surface area contributed by atoms with Crippen LogP contribution in [0.1, 0.15) is 46.0 Å². The fourth-order valence-electron chi connectivity index (χ4n) is 2.05. The molecule has 0 atom stereocenters. The van der Waals surface area contributed by atoms with Crippen LogP contribution >= 0.6 is 12.4 Å². The van der Waals surface area contributed by atoms with E-state index in [9.17, 15) is 0 Å². The molecular weight excluding hydrogens is 170 g/mol. The lowest BCUT2D eigenvalue weighted by atomic mass is 9.71. The molecule has 2 heteroatoms. The number of hydrogen-bond acceptors (Lipinski definition) is 1. The Balaban J connectivity index is 0.00000121. The maximum atomic E-state index is 5.74. The standard InChI is InChI=1S/C10H21N.ClH/c1-10(2,8-11)9-6-4-3-5-7-9;/h9H,3-8,11H2,1-2H3;1H. The third-order valence-corrected chi connectivity index (χ3v) is 3.24. The van der Waals surface area contributed by atoms with Crippen LogP contribution in [0.5, 0.6) is 0 Å². The van der Waals surface area contributed by atoms with Crippen LogP contribution in [0.25, 0.3) is 0 Å². The highest BCUT2D eigenvalue weighted by atomic mass is 35.5. The van der Waals surface area contributed by atoms with E-state index in [0.29, 0.717) is 5.41 Å². The van der Waals surface area contributed by atoms with Crippen LogP contribution in [-0.2, 0) is 0 Å². The second kappa shape index (κ2) is 5.08. The zero-order valence-electron chi connectivity index (χ0n) is 8.31. The summed E-state index contributed by atoms with van der Waals surface area (Å²) in [6.07, 6.45) is 7.10. The summed E-state index contributed by atoms with van der Waals surface area (Å²) in [6.45, 7) is 5.46. The maximum Gasteiger partial charge on any atom is -0.00232 e. The normalized spacial score (nSPS) is 20.2. The minimum absolute atomic E-state index is 0. The number of nitrogens with two attached hydrogens (primary N) is 1. The molecule has 1 rings (SSSR count). The van der Waals surface area contributed by atoms with Gasteiger partial charge in [0.2, 0.25) is 0 Å². The molecule has 0 aliphatic heterocycles. The molecule has 0 heterocycles. The van der Waals surface area contributed by atoms with Gasteiger partial charge in [-0.1, -0.05) is 33.1 Å². The largest absolute Gasteiger partial charge is 0.330 e. The Kier molecular flexibility index (Phi) is 5.19. The van der Waals surface area contributed by atoms with Crippen LogP contribution in [0, 0.1) is 11.3 Å². The molecule has 0 unspecified atom stereocenters. The van der Waals surface area contributed by atoms with Crippen molar-refractivity contribution in [2.75, 3.05) is 6.54 Å². The second-order valence-electron chi connectivity index (χ2n) is 4.53.